The molecule has 1 saturated heterocycles. The SMILES string of the molecule is CC1(C(=O)O)CCCN1C(=O)COc1cc(Cl)cc(Cl)c1. The zero-order chi connectivity index (χ0) is 15.6. The molecule has 1 unspecified atom stereocenters. The minimum absolute atomic E-state index is 0.250. The third kappa shape index (κ3) is 3.41. The highest BCUT2D eigenvalue weighted by atomic mass is 35.5. The summed E-state index contributed by atoms with van der Waals surface area (Å²) < 4.78 is 5.36. The highest BCUT2D eigenvalue weighted by Crippen LogP contribution is 2.30. The second-order valence-electron chi connectivity index (χ2n) is 5.12. The lowest BCUT2D eigenvalue weighted by Gasteiger charge is -2.31. The van der Waals surface area contributed by atoms with Gasteiger partial charge in [0.25, 0.3) is 5.91 Å². The number of amides is 1. The van der Waals surface area contributed by atoms with Gasteiger partial charge in [-0.25, -0.2) is 4.79 Å². The van der Waals surface area contributed by atoms with E-state index in [4.69, 9.17) is 27.9 Å². The summed E-state index contributed by atoms with van der Waals surface area (Å²) in [6.45, 7) is 1.72. The summed E-state index contributed by atoms with van der Waals surface area (Å²) in [6, 6.07) is 4.64. The Morgan fingerprint density at radius 2 is 1.95 bits per heavy atom. The van der Waals surface area contributed by atoms with Crippen molar-refractivity contribution in [2.75, 3.05) is 13.2 Å². The van der Waals surface area contributed by atoms with Gasteiger partial charge in [-0.15, -0.1) is 0 Å². The van der Waals surface area contributed by atoms with E-state index in [2.05, 4.69) is 0 Å². The van der Waals surface area contributed by atoms with Crippen molar-refractivity contribution in [3.05, 3.63) is 28.2 Å². The third-order valence-electron chi connectivity index (χ3n) is 3.60. The lowest BCUT2D eigenvalue weighted by atomic mass is 9.99. The van der Waals surface area contributed by atoms with Gasteiger partial charge in [-0.2, -0.15) is 0 Å². The Morgan fingerprint density at radius 3 is 2.52 bits per heavy atom. The van der Waals surface area contributed by atoms with Crippen LogP contribution < -0.4 is 4.74 Å². The molecule has 0 radical (unpaired) electrons. The molecule has 1 amide bonds. The number of benzene rings is 1. The first-order valence-corrected chi connectivity index (χ1v) is 7.21. The van der Waals surface area contributed by atoms with Gasteiger partial charge in [0.1, 0.15) is 11.3 Å². The molecule has 5 nitrogen and oxygen atoms in total. The van der Waals surface area contributed by atoms with E-state index in [0.717, 1.165) is 0 Å². The minimum Gasteiger partial charge on any atom is -0.484 e. The van der Waals surface area contributed by atoms with Crippen LogP contribution in [-0.2, 0) is 9.59 Å². The zero-order valence-electron chi connectivity index (χ0n) is 11.4. The van der Waals surface area contributed by atoms with Crippen LogP contribution in [0.1, 0.15) is 19.8 Å². The number of carboxylic acids is 1. The molecule has 1 fully saturated rings. The number of likely N-dealkylation sites (tertiary alicyclic amines) is 1. The Labute approximate surface area is 132 Å². The number of halogens is 2. The van der Waals surface area contributed by atoms with Gasteiger partial charge in [0.2, 0.25) is 0 Å². The molecule has 1 heterocycles. The lowest BCUT2D eigenvalue weighted by Crippen LogP contribution is -2.52. The predicted octanol–water partition coefficient (Wildman–Crippen LogP) is 2.84. The Balaban J connectivity index is 2.03. The second kappa shape index (κ2) is 6.12. The first-order valence-electron chi connectivity index (χ1n) is 6.46. The first-order chi connectivity index (χ1) is 9.83. The normalized spacial score (nSPS) is 21.4. The average molecular weight is 332 g/mol. The summed E-state index contributed by atoms with van der Waals surface area (Å²) in [5.41, 5.74) is -1.16. The maximum absolute atomic E-state index is 12.2. The molecule has 0 spiro atoms. The van der Waals surface area contributed by atoms with Crippen LogP contribution in [0.4, 0.5) is 0 Å². The molecule has 7 heteroatoms. The van der Waals surface area contributed by atoms with E-state index in [1.54, 1.807) is 25.1 Å². The van der Waals surface area contributed by atoms with Crippen molar-refractivity contribution >= 4 is 35.1 Å². The quantitative estimate of drug-likeness (QED) is 0.921. The molecule has 1 aromatic carbocycles. The molecule has 0 aliphatic carbocycles. The van der Waals surface area contributed by atoms with Crippen LogP contribution in [0.2, 0.25) is 10.0 Å². The fourth-order valence-corrected chi connectivity index (χ4v) is 2.93. The summed E-state index contributed by atoms with van der Waals surface area (Å²) in [5.74, 6) is -0.996. The van der Waals surface area contributed by atoms with Gasteiger partial charge in [0.15, 0.2) is 6.61 Å². The summed E-state index contributed by atoms with van der Waals surface area (Å²) in [7, 11) is 0. The predicted molar refractivity (Wildman–Crippen MR) is 78.9 cm³/mol. The van der Waals surface area contributed by atoms with Crippen LogP contribution in [0.5, 0.6) is 5.75 Å². The number of ether oxygens (including phenoxy) is 1. The van der Waals surface area contributed by atoms with Crippen molar-refractivity contribution in [2.45, 2.75) is 25.3 Å². The highest BCUT2D eigenvalue weighted by Gasteiger charge is 2.45. The Hall–Kier alpha value is -1.46. The van der Waals surface area contributed by atoms with E-state index in [-0.39, 0.29) is 12.5 Å². The van der Waals surface area contributed by atoms with E-state index < -0.39 is 11.5 Å². The molecule has 21 heavy (non-hydrogen) atoms. The smallest absolute Gasteiger partial charge is 0.329 e. The van der Waals surface area contributed by atoms with Gasteiger partial charge in [0.05, 0.1) is 0 Å². The van der Waals surface area contributed by atoms with Crippen LogP contribution in [-0.4, -0.2) is 40.6 Å². The van der Waals surface area contributed by atoms with Gasteiger partial charge in [-0.1, -0.05) is 23.2 Å². The fraction of sp³-hybridized carbons (Fsp3) is 0.429. The number of carbonyl (C=O) groups excluding carboxylic acids is 1. The van der Waals surface area contributed by atoms with Gasteiger partial charge >= 0.3 is 5.97 Å². The molecule has 0 bridgehead atoms. The van der Waals surface area contributed by atoms with Crippen LogP contribution in [0, 0.1) is 0 Å². The number of rotatable bonds is 4. The van der Waals surface area contributed by atoms with E-state index in [0.29, 0.717) is 35.2 Å². The zero-order valence-corrected chi connectivity index (χ0v) is 12.9. The third-order valence-corrected chi connectivity index (χ3v) is 4.04. The van der Waals surface area contributed by atoms with Crippen molar-refractivity contribution < 1.29 is 19.4 Å². The van der Waals surface area contributed by atoms with E-state index >= 15 is 0 Å². The van der Waals surface area contributed by atoms with Crippen molar-refractivity contribution in [1.82, 2.24) is 4.90 Å². The van der Waals surface area contributed by atoms with Crippen LogP contribution in [0.25, 0.3) is 0 Å². The standard InChI is InChI=1S/C14H15Cl2NO4/c1-14(13(19)20)3-2-4-17(14)12(18)8-21-11-6-9(15)5-10(16)7-11/h5-7H,2-4,8H2,1H3,(H,19,20). The number of carboxylic acid groups (broad SMARTS) is 1. The maximum atomic E-state index is 12.2. The molecule has 1 aliphatic rings. The van der Waals surface area contributed by atoms with Crippen molar-refractivity contribution in [3.63, 3.8) is 0 Å². The largest absolute Gasteiger partial charge is 0.484 e. The van der Waals surface area contributed by atoms with Gasteiger partial charge in [-0.05, 0) is 38.0 Å². The molecular weight excluding hydrogens is 317 g/mol. The Kier molecular flexibility index (Phi) is 4.64. The van der Waals surface area contributed by atoms with Gasteiger partial charge < -0.3 is 14.7 Å². The summed E-state index contributed by atoms with van der Waals surface area (Å²) in [6.07, 6.45) is 1.11. The number of aliphatic carboxylic acids is 1. The number of carbonyl (C=O) groups is 2. The monoisotopic (exact) mass is 331 g/mol. The van der Waals surface area contributed by atoms with Crippen LogP contribution in [0.15, 0.2) is 18.2 Å². The Morgan fingerprint density at radius 1 is 1.33 bits per heavy atom. The van der Waals surface area contributed by atoms with E-state index in [9.17, 15) is 14.7 Å². The molecular formula is C14H15Cl2NO4. The van der Waals surface area contributed by atoms with Crippen molar-refractivity contribution in [2.24, 2.45) is 0 Å². The molecule has 1 N–H and O–H groups in total. The molecule has 0 saturated carbocycles. The molecule has 0 aromatic heterocycles. The lowest BCUT2D eigenvalue weighted by molar-refractivity contribution is -0.156. The minimum atomic E-state index is -1.16. The Bertz CT molecular complexity index is 558. The van der Waals surface area contributed by atoms with Crippen molar-refractivity contribution in [3.8, 4) is 5.75 Å². The maximum Gasteiger partial charge on any atom is 0.329 e. The number of hydrogen-bond acceptors (Lipinski definition) is 3. The summed E-state index contributed by atoms with van der Waals surface area (Å²) in [4.78, 5) is 24.9. The van der Waals surface area contributed by atoms with E-state index in [1.165, 1.54) is 4.90 Å². The molecule has 1 aliphatic heterocycles. The molecule has 1 atom stereocenters. The topological polar surface area (TPSA) is 66.8 Å². The average Bonchev–Trinajstić information content (AvgIpc) is 2.78. The second-order valence-corrected chi connectivity index (χ2v) is 5.99. The van der Waals surface area contributed by atoms with Gasteiger partial charge in [0, 0.05) is 16.6 Å². The molecule has 114 valence electrons. The van der Waals surface area contributed by atoms with E-state index in [1.807, 2.05) is 0 Å². The molecule has 2 rings (SSSR count). The molecule has 1 aromatic rings. The van der Waals surface area contributed by atoms with Crippen LogP contribution in [0.3, 0.4) is 0 Å². The summed E-state index contributed by atoms with van der Waals surface area (Å²) in [5, 5.41) is 10.1. The highest BCUT2D eigenvalue weighted by molar-refractivity contribution is 6.34. The number of hydrogen-bond donors (Lipinski definition) is 1. The van der Waals surface area contributed by atoms with Gasteiger partial charge in [-0.3, -0.25) is 4.79 Å². The summed E-state index contributed by atoms with van der Waals surface area (Å²) >= 11 is 11.7. The number of nitrogens with zero attached hydrogens (tertiary/aromatic N) is 1. The first kappa shape index (κ1) is 15.9. The van der Waals surface area contributed by atoms with Crippen LogP contribution >= 0.6 is 23.2 Å². The van der Waals surface area contributed by atoms with Crippen molar-refractivity contribution in [1.29, 1.82) is 0 Å². The fourth-order valence-electron chi connectivity index (χ4n) is 2.42.